The number of carbonyl (C=O) groups excluding carboxylic acids is 2. The summed E-state index contributed by atoms with van der Waals surface area (Å²) in [5.74, 6) is -1.25. The number of non-ortho nitro benzene ring substituents is 1. The fourth-order valence-corrected chi connectivity index (χ4v) is 2.20. The van der Waals surface area contributed by atoms with Gasteiger partial charge in [0.1, 0.15) is 0 Å². The zero-order valence-electron chi connectivity index (χ0n) is 11.4. The minimum Gasteiger partial charge on any atom is -0.452 e. The van der Waals surface area contributed by atoms with Crippen LogP contribution in [0.25, 0.3) is 0 Å². The lowest BCUT2D eigenvalue weighted by Gasteiger charge is -2.04. The SMILES string of the molecule is Cc1csc(NC(=O)COC(=O)c2ccc([N+](=O)[O-])cc2)n1. The van der Waals surface area contributed by atoms with Crippen LogP contribution in [-0.4, -0.2) is 28.4 Å². The Labute approximate surface area is 128 Å². The van der Waals surface area contributed by atoms with Crippen LogP contribution in [-0.2, 0) is 9.53 Å². The van der Waals surface area contributed by atoms with E-state index in [-0.39, 0.29) is 11.3 Å². The predicted molar refractivity (Wildman–Crippen MR) is 78.9 cm³/mol. The maximum atomic E-state index is 11.7. The van der Waals surface area contributed by atoms with Gasteiger partial charge in [0.05, 0.1) is 16.2 Å². The Morgan fingerprint density at radius 3 is 2.59 bits per heavy atom. The van der Waals surface area contributed by atoms with E-state index in [2.05, 4.69) is 10.3 Å². The van der Waals surface area contributed by atoms with Crippen LogP contribution in [0.4, 0.5) is 10.8 Å². The molecule has 0 atom stereocenters. The van der Waals surface area contributed by atoms with Gasteiger partial charge in [0.25, 0.3) is 11.6 Å². The van der Waals surface area contributed by atoms with Crippen molar-refractivity contribution in [3.63, 3.8) is 0 Å². The number of ether oxygens (including phenoxy) is 1. The normalized spacial score (nSPS) is 10.0. The number of anilines is 1. The largest absolute Gasteiger partial charge is 0.452 e. The molecular formula is C13H11N3O5S. The van der Waals surface area contributed by atoms with Crippen LogP contribution < -0.4 is 5.32 Å². The second kappa shape index (κ2) is 6.76. The Balaban J connectivity index is 1.86. The number of esters is 1. The molecular weight excluding hydrogens is 310 g/mol. The molecule has 1 N–H and O–H groups in total. The molecule has 8 nitrogen and oxygen atoms in total. The first-order chi connectivity index (χ1) is 10.5. The Kier molecular flexibility index (Phi) is 4.79. The molecule has 2 aromatic rings. The van der Waals surface area contributed by atoms with Crippen LogP contribution in [0.1, 0.15) is 16.1 Å². The summed E-state index contributed by atoms with van der Waals surface area (Å²) < 4.78 is 4.83. The van der Waals surface area contributed by atoms with Gasteiger partial charge >= 0.3 is 5.97 Å². The van der Waals surface area contributed by atoms with Crippen molar-refractivity contribution in [1.82, 2.24) is 4.98 Å². The molecule has 0 aliphatic rings. The Hall–Kier alpha value is -2.81. The van der Waals surface area contributed by atoms with Crippen LogP contribution in [0.2, 0.25) is 0 Å². The summed E-state index contributed by atoms with van der Waals surface area (Å²) in [7, 11) is 0. The van der Waals surface area contributed by atoms with Crippen LogP contribution in [0, 0.1) is 17.0 Å². The molecule has 0 saturated heterocycles. The predicted octanol–water partition coefficient (Wildman–Crippen LogP) is 2.16. The van der Waals surface area contributed by atoms with E-state index in [1.165, 1.54) is 35.6 Å². The highest BCUT2D eigenvalue weighted by Crippen LogP contribution is 2.14. The maximum absolute atomic E-state index is 11.7. The van der Waals surface area contributed by atoms with E-state index in [0.717, 1.165) is 5.69 Å². The smallest absolute Gasteiger partial charge is 0.338 e. The third-order valence-corrected chi connectivity index (χ3v) is 3.39. The molecule has 22 heavy (non-hydrogen) atoms. The molecule has 0 fully saturated rings. The van der Waals surface area contributed by atoms with Crippen molar-refractivity contribution in [2.45, 2.75) is 6.92 Å². The summed E-state index contributed by atoms with van der Waals surface area (Å²) in [5, 5.41) is 15.2. The van der Waals surface area contributed by atoms with E-state index < -0.39 is 23.4 Å². The molecule has 1 aromatic heterocycles. The minimum atomic E-state index is -0.736. The lowest BCUT2D eigenvalue weighted by molar-refractivity contribution is -0.384. The molecule has 9 heteroatoms. The number of carbonyl (C=O) groups is 2. The number of nitro benzene ring substituents is 1. The van der Waals surface area contributed by atoms with Gasteiger partial charge in [0.2, 0.25) is 0 Å². The maximum Gasteiger partial charge on any atom is 0.338 e. The molecule has 0 aliphatic carbocycles. The Morgan fingerprint density at radius 1 is 1.36 bits per heavy atom. The van der Waals surface area contributed by atoms with Crippen LogP contribution >= 0.6 is 11.3 Å². The van der Waals surface area contributed by atoms with Crippen molar-refractivity contribution in [1.29, 1.82) is 0 Å². The van der Waals surface area contributed by atoms with E-state index in [9.17, 15) is 19.7 Å². The second-order valence-electron chi connectivity index (χ2n) is 4.22. The summed E-state index contributed by atoms with van der Waals surface area (Å²) in [6.45, 7) is 1.33. The highest BCUT2D eigenvalue weighted by Gasteiger charge is 2.13. The van der Waals surface area contributed by atoms with Gasteiger partial charge in [-0.1, -0.05) is 0 Å². The number of nitrogens with one attached hydrogen (secondary N) is 1. The number of aryl methyl sites for hydroxylation is 1. The number of hydrogen-bond donors (Lipinski definition) is 1. The number of nitrogens with zero attached hydrogens (tertiary/aromatic N) is 2. The molecule has 114 valence electrons. The lowest BCUT2D eigenvalue weighted by atomic mass is 10.2. The van der Waals surface area contributed by atoms with Crippen LogP contribution in [0.5, 0.6) is 0 Å². The number of benzene rings is 1. The third-order valence-electron chi connectivity index (χ3n) is 2.51. The van der Waals surface area contributed by atoms with Crippen molar-refractivity contribution >= 4 is 34.0 Å². The van der Waals surface area contributed by atoms with E-state index in [1.807, 2.05) is 0 Å². The first kappa shape index (κ1) is 15.6. The fraction of sp³-hybridized carbons (Fsp3) is 0.154. The average Bonchev–Trinajstić information content (AvgIpc) is 2.90. The quantitative estimate of drug-likeness (QED) is 0.513. The van der Waals surface area contributed by atoms with Crippen LogP contribution in [0.15, 0.2) is 29.6 Å². The molecule has 0 saturated carbocycles. The van der Waals surface area contributed by atoms with E-state index >= 15 is 0 Å². The molecule has 0 bridgehead atoms. The number of thiazole rings is 1. The van der Waals surface area contributed by atoms with Gasteiger partial charge in [0, 0.05) is 17.5 Å². The monoisotopic (exact) mass is 321 g/mol. The van der Waals surface area contributed by atoms with Gasteiger partial charge in [-0.25, -0.2) is 9.78 Å². The molecule has 1 aromatic carbocycles. The van der Waals surface area contributed by atoms with Crippen molar-refractivity contribution in [2.24, 2.45) is 0 Å². The summed E-state index contributed by atoms with van der Waals surface area (Å²) in [4.78, 5) is 37.3. The Morgan fingerprint density at radius 2 is 2.05 bits per heavy atom. The van der Waals surface area contributed by atoms with Crippen LogP contribution in [0.3, 0.4) is 0 Å². The number of nitro groups is 1. The second-order valence-corrected chi connectivity index (χ2v) is 5.08. The summed E-state index contributed by atoms with van der Waals surface area (Å²) in [5.41, 5.74) is 0.778. The standard InChI is InChI=1S/C13H11N3O5S/c1-8-7-22-13(14-8)15-11(17)6-21-12(18)9-2-4-10(5-3-9)16(19)20/h2-5,7H,6H2,1H3,(H,14,15,17). The number of amides is 1. The number of aromatic nitrogens is 1. The Bertz CT molecular complexity index is 711. The third kappa shape index (κ3) is 4.09. The number of hydrogen-bond acceptors (Lipinski definition) is 7. The van der Waals surface area contributed by atoms with Crippen molar-refractivity contribution < 1.29 is 19.2 Å². The molecule has 0 aliphatic heterocycles. The van der Waals surface area contributed by atoms with Crippen molar-refractivity contribution in [3.8, 4) is 0 Å². The van der Waals surface area contributed by atoms with Gasteiger partial charge in [0.15, 0.2) is 11.7 Å². The first-order valence-electron chi connectivity index (χ1n) is 6.09. The highest BCUT2D eigenvalue weighted by molar-refractivity contribution is 7.13. The summed E-state index contributed by atoms with van der Waals surface area (Å²) in [6, 6.07) is 4.91. The van der Waals surface area contributed by atoms with E-state index in [1.54, 1.807) is 12.3 Å². The zero-order valence-corrected chi connectivity index (χ0v) is 12.3. The van der Waals surface area contributed by atoms with Gasteiger partial charge in [-0.05, 0) is 19.1 Å². The van der Waals surface area contributed by atoms with E-state index in [4.69, 9.17) is 4.74 Å². The highest BCUT2D eigenvalue weighted by atomic mass is 32.1. The summed E-state index contributed by atoms with van der Waals surface area (Å²) >= 11 is 1.27. The lowest BCUT2D eigenvalue weighted by Crippen LogP contribution is -2.20. The topological polar surface area (TPSA) is 111 Å². The van der Waals surface area contributed by atoms with Gasteiger partial charge in [-0.3, -0.25) is 20.2 Å². The average molecular weight is 321 g/mol. The van der Waals surface area contributed by atoms with Crippen molar-refractivity contribution in [2.75, 3.05) is 11.9 Å². The number of rotatable bonds is 5. The van der Waals surface area contributed by atoms with Gasteiger partial charge < -0.3 is 4.74 Å². The molecule has 1 heterocycles. The molecule has 0 unspecified atom stereocenters. The first-order valence-corrected chi connectivity index (χ1v) is 6.97. The summed E-state index contributed by atoms with van der Waals surface area (Å²) in [6.07, 6.45) is 0. The zero-order chi connectivity index (χ0) is 16.1. The molecule has 0 radical (unpaired) electrons. The van der Waals surface area contributed by atoms with E-state index in [0.29, 0.717) is 5.13 Å². The molecule has 2 rings (SSSR count). The minimum absolute atomic E-state index is 0.128. The van der Waals surface area contributed by atoms with Gasteiger partial charge in [-0.2, -0.15) is 0 Å². The van der Waals surface area contributed by atoms with Gasteiger partial charge in [-0.15, -0.1) is 11.3 Å². The molecule has 0 spiro atoms. The molecule has 1 amide bonds. The fourth-order valence-electron chi connectivity index (χ4n) is 1.50. The van der Waals surface area contributed by atoms with Crippen molar-refractivity contribution in [3.05, 3.63) is 51.0 Å².